The molecule has 5 aromatic carbocycles. The Morgan fingerprint density at radius 1 is 0.763 bits per heavy atom. The molecule has 7 rings (SSSR count). The van der Waals surface area contributed by atoms with Crippen LogP contribution in [0.2, 0.25) is 0 Å². The normalized spacial score (nSPS) is 16.8. The van der Waals surface area contributed by atoms with E-state index in [9.17, 15) is 0 Å². The highest BCUT2D eigenvalue weighted by molar-refractivity contribution is 6.18. The van der Waals surface area contributed by atoms with Gasteiger partial charge in [-0.2, -0.15) is 0 Å². The Labute approximate surface area is 221 Å². The molecule has 1 unspecified atom stereocenters. The van der Waals surface area contributed by atoms with Gasteiger partial charge in [-0.1, -0.05) is 103 Å². The first kappa shape index (κ1) is 22.2. The van der Waals surface area contributed by atoms with Crippen molar-refractivity contribution in [1.29, 1.82) is 5.41 Å². The zero-order chi connectivity index (χ0) is 25.5. The third kappa shape index (κ3) is 3.61. The summed E-state index contributed by atoms with van der Waals surface area (Å²) in [6, 6.07) is 32.8. The molecule has 180 valence electrons. The molecule has 38 heavy (non-hydrogen) atoms. The lowest BCUT2D eigenvalue weighted by atomic mass is 9.84. The van der Waals surface area contributed by atoms with E-state index in [2.05, 4.69) is 125 Å². The molecule has 2 aliphatic rings. The van der Waals surface area contributed by atoms with Gasteiger partial charge >= 0.3 is 0 Å². The SMILES string of the molecule is N=C=C1C=C(C2=CC=CC(c3c4ccccc4c(-c4cccc5ccccc45)c4ccccc34)N2)C=NC1. The predicted molar refractivity (Wildman–Crippen MR) is 160 cm³/mol. The van der Waals surface area contributed by atoms with Crippen LogP contribution >= 0.6 is 0 Å². The van der Waals surface area contributed by atoms with Crippen LogP contribution in [0.25, 0.3) is 43.4 Å². The van der Waals surface area contributed by atoms with E-state index in [0.29, 0.717) is 6.54 Å². The third-order valence-corrected chi connectivity index (χ3v) is 7.51. The van der Waals surface area contributed by atoms with Crippen molar-refractivity contribution in [3.05, 3.63) is 138 Å². The van der Waals surface area contributed by atoms with Gasteiger partial charge in [-0.25, -0.2) is 0 Å². The summed E-state index contributed by atoms with van der Waals surface area (Å²) in [7, 11) is 0. The second-order valence-corrected chi connectivity index (χ2v) is 9.71. The summed E-state index contributed by atoms with van der Waals surface area (Å²) in [6.45, 7) is 0.504. The molecule has 0 aromatic heterocycles. The summed E-state index contributed by atoms with van der Waals surface area (Å²) >= 11 is 0. The molecule has 1 atom stereocenters. The van der Waals surface area contributed by atoms with Crippen molar-refractivity contribution in [2.45, 2.75) is 6.04 Å². The summed E-state index contributed by atoms with van der Waals surface area (Å²) in [6.07, 6.45) is 10.3. The second-order valence-electron chi connectivity index (χ2n) is 9.71. The highest BCUT2D eigenvalue weighted by Gasteiger charge is 2.23. The number of allylic oxidation sites excluding steroid dienone is 3. The lowest BCUT2D eigenvalue weighted by molar-refractivity contribution is 0.725. The molecule has 0 fully saturated rings. The Balaban J connectivity index is 1.47. The van der Waals surface area contributed by atoms with Gasteiger partial charge in [0.15, 0.2) is 0 Å². The fourth-order valence-electron chi connectivity index (χ4n) is 5.84. The first-order valence-electron chi connectivity index (χ1n) is 12.9. The Bertz CT molecular complexity index is 1870. The van der Waals surface area contributed by atoms with Crippen molar-refractivity contribution in [3.63, 3.8) is 0 Å². The molecule has 0 amide bonds. The fourth-order valence-corrected chi connectivity index (χ4v) is 5.84. The first-order chi connectivity index (χ1) is 18.8. The maximum atomic E-state index is 7.54. The van der Waals surface area contributed by atoms with Crippen LogP contribution in [0.3, 0.4) is 0 Å². The average molecular weight is 488 g/mol. The van der Waals surface area contributed by atoms with Crippen molar-refractivity contribution in [3.8, 4) is 11.1 Å². The Kier molecular flexibility index (Phi) is 5.36. The van der Waals surface area contributed by atoms with Crippen molar-refractivity contribution >= 4 is 44.4 Å². The number of nitrogens with one attached hydrogen (secondary N) is 2. The van der Waals surface area contributed by atoms with Crippen molar-refractivity contribution in [1.82, 2.24) is 5.32 Å². The molecule has 0 saturated heterocycles. The van der Waals surface area contributed by atoms with E-state index in [1.54, 1.807) is 0 Å². The van der Waals surface area contributed by atoms with Crippen molar-refractivity contribution < 1.29 is 0 Å². The van der Waals surface area contributed by atoms with Crippen LogP contribution in [0, 0.1) is 5.41 Å². The van der Waals surface area contributed by atoms with E-state index in [4.69, 9.17) is 5.41 Å². The predicted octanol–water partition coefficient (Wildman–Crippen LogP) is 8.08. The molecule has 0 bridgehead atoms. The quantitative estimate of drug-likeness (QED) is 0.196. The minimum Gasteiger partial charge on any atom is -0.374 e. The number of benzene rings is 5. The monoisotopic (exact) mass is 487 g/mol. The lowest BCUT2D eigenvalue weighted by Crippen LogP contribution is -2.24. The summed E-state index contributed by atoms with van der Waals surface area (Å²) in [4.78, 5) is 4.44. The number of aliphatic imine (C=N–C) groups is 1. The average Bonchev–Trinajstić information content (AvgIpc) is 2.99. The zero-order valence-corrected chi connectivity index (χ0v) is 20.8. The molecule has 2 heterocycles. The minimum atomic E-state index is -0.0185. The van der Waals surface area contributed by atoms with Crippen LogP contribution in [0.5, 0.6) is 0 Å². The van der Waals surface area contributed by atoms with Crippen LogP contribution in [0.15, 0.2) is 137 Å². The minimum absolute atomic E-state index is 0.0185. The molecule has 0 saturated carbocycles. The van der Waals surface area contributed by atoms with Crippen LogP contribution in [-0.2, 0) is 0 Å². The van der Waals surface area contributed by atoms with E-state index >= 15 is 0 Å². The smallest absolute Gasteiger partial charge is 0.0727 e. The van der Waals surface area contributed by atoms with Crippen molar-refractivity contribution in [2.75, 3.05) is 6.54 Å². The van der Waals surface area contributed by atoms with Crippen LogP contribution < -0.4 is 5.32 Å². The number of hydrogen-bond donors (Lipinski definition) is 2. The van der Waals surface area contributed by atoms with Gasteiger partial charge in [-0.15, -0.1) is 0 Å². The molecule has 2 aliphatic heterocycles. The van der Waals surface area contributed by atoms with Gasteiger partial charge in [0.05, 0.1) is 12.6 Å². The Morgan fingerprint density at radius 2 is 1.42 bits per heavy atom. The number of rotatable bonds is 3. The molecule has 0 aliphatic carbocycles. The fraction of sp³-hybridized carbons (Fsp3) is 0.0571. The molecular weight excluding hydrogens is 462 g/mol. The third-order valence-electron chi connectivity index (χ3n) is 7.51. The lowest BCUT2D eigenvalue weighted by Gasteiger charge is -2.27. The molecule has 3 heteroatoms. The molecule has 0 spiro atoms. The van der Waals surface area contributed by atoms with E-state index in [1.807, 2.05) is 12.3 Å². The maximum Gasteiger partial charge on any atom is 0.0727 e. The van der Waals surface area contributed by atoms with Gasteiger partial charge in [-0.3, -0.25) is 10.4 Å². The zero-order valence-electron chi connectivity index (χ0n) is 20.8. The Hall–Kier alpha value is -4.98. The summed E-state index contributed by atoms with van der Waals surface area (Å²) in [5.41, 5.74) is 6.55. The second kappa shape index (κ2) is 9.15. The summed E-state index contributed by atoms with van der Waals surface area (Å²) in [5, 5.41) is 18.8. The van der Waals surface area contributed by atoms with E-state index < -0.39 is 0 Å². The van der Waals surface area contributed by atoms with E-state index in [-0.39, 0.29) is 6.04 Å². The molecule has 3 nitrogen and oxygen atoms in total. The van der Waals surface area contributed by atoms with E-state index in [1.165, 1.54) is 49.0 Å². The van der Waals surface area contributed by atoms with Gasteiger partial charge < -0.3 is 5.32 Å². The highest BCUT2D eigenvalue weighted by Crippen LogP contribution is 2.44. The maximum absolute atomic E-state index is 7.54. The van der Waals surface area contributed by atoms with Gasteiger partial charge in [0.25, 0.3) is 0 Å². The topological polar surface area (TPSA) is 48.2 Å². The number of nitrogens with zero attached hydrogens (tertiary/aromatic N) is 1. The highest BCUT2D eigenvalue weighted by atomic mass is 14.9. The summed E-state index contributed by atoms with van der Waals surface area (Å²) < 4.78 is 0. The largest absolute Gasteiger partial charge is 0.374 e. The number of dihydropyridines is 2. The first-order valence-corrected chi connectivity index (χ1v) is 12.9. The summed E-state index contributed by atoms with van der Waals surface area (Å²) in [5.74, 6) is 2.50. The van der Waals surface area contributed by atoms with Gasteiger partial charge in [0.1, 0.15) is 0 Å². The standard InChI is InChI=1S/C35H25N3/c36-20-23-19-25(22-37-21-23)32-17-8-18-33(38-32)35-30-14-5-3-12-28(30)34(29-13-4-6-15-31(29)35)27-16-7-10-24-9-1-2-11-26(24)27/h1-19,22,33,36,38H,21H2. The van der Waals surface area contributed by atoms with Gasteiger partial charge in [0, 0.05) is 23.1 Å². The van der Waals surface area contributed by atoms with Crippen LogP contribution in [-0.4, -0.2) is 18.6 Å². The van der Waals surface area contributed by atoms with Crippen LogP contribution in [0.1, 0.15) is 11.6 Å². The molecular formula is C35H25N3. The van der Waals surface area contributed by atoms with Gasteiger partial charge in [-0.05, 0) is 67.0 Å². The Morgan fingerprint density at radius 3 is 2.16 bits per heavy atom. The molecule has 2 N–H and O–H groups in total. The number of hydrogen-bond acceptors (Lipinski definition) is 3. The molecule has 5 aromatic rings. The molecule has 0 radical (unpaired) electrons. The van der Waals surface area contributed by atoms with Gasteiger partial charge in [0.2, 0.25) is 0 Å². The van der Waals surface area contributed by atoms with Crippen molar-refractivity contribution in [2.24, 2.45) is 4.99 Å². The van der Waals surface area contributed by atoms with Crippen LogP contribution in [0.4, 0.5) is 0 Å². The number of fused-ring (bicyclic) bond motifs is 3. The van der Waals surface area contributed by atoms with E-state index in [0.717, 1.165) is 16.8 Å².